The van der Waals surface area contributed by atoms with Crippen LogP contribution in [0.25, 0.3) is 5.69 Å². The van der Waals surface area contributed by atoms with E-state index in [1.54, 1.807) is 16.4 Å². The Labute approximate surface area is 159 Å². The zero-order valence-electron chi connectivity index (χ0n) is 14.7. The van der Waals surface area contributed by atoms with E-state index in [1.807, 2.05) is 44.2 Å². The Balaban J connectivity index is 1.69. The largest absolute Gasteiger partial charge is 0.320 e. The van der Waals surface area contributed by atoms with Crippen LogP contribution in [0, 0.1) is 13.8 Å². The van der Waals surface area contributed by atoms with Gasteiger partial charge in [0.05, 0.1) is 11.4 Å². The molecule has 1 amide bonds. The first kappa shape index (κ1) is 18.4. The smallest absolute Gasteiger partial charge is 0.295 e. The summed E-state index contributed by atoms with van der Waals surface area (Å²) < 4.78 is 4.13. The highest BCUT2D eigenvalue weighted by Crippen LogP contribution is 2.22. The van der Waals surface area contributed by atoms with Crippen LogP contribution in [0.15, 0.2) is 39.5 Å². The van der Waals surface area contributed by atoms with Gasteiger partial charge in [-0.05, 0) is 26.0 Å². The molecule has 0 aliphatic carbocycles. The van der Waals surface area contributed by atoms with Crippen molar-refractivity contribution in [1.29, 1.82) is 0 Å². The second-order valence-electron chi connectivity index (χ2n) is 5.67. The number of hydrogen-bond donors (Lipinski definition) is 1. The minimum Gasteiger partial charge on any atom is -0.320 e. The predicted molar refractivity (Wildman–Crippen MR) is 104 cm³/mol. The van der Waals surface area contributed by atoms with E-state index in [0.29, 0.717) is 23.6 Å². The molecule has 7 nitrogen and oxygen atoms in total. The molecular weight excluding hydrogens is 370 g/mol. The highest BCUT2D eigenvalue weighted by atomic mass is 32.2. The Bertz CT molecular complexity index is 975. The van der Waals surface area contributed by atoms with Crippen LogP contribution in [0.5, 0.6) is 0 Å². The van der Waals surface area contributed by atoms with E-state index in [1.165, 1.54) is 23.1 Å². The number of rotatable bonds is 6. The summed E-state index contributed by atoms with van der Waals surface area (Å²) in [5, 5.41) is 11.6. The monoisotopic (exact) mass is 389 g/mol. The van der Waals surface area contributed by atoms with Gasteiger partial charge in [0, 0.05) is 19.2 Å². The number of anilines is 1. The molecule has 2 aromatic heterocycles. The van der Waals surface area contributed by atoms with Crippen molar-refractivity contribution in [2.75, 3.05) is 11.1 Å². The number of aromatic nitrogens is 4. The van der Waals surface area contributed by atoms with Gasteiger partial charge in [0.25, 0.3) is 5.56 Å². The van der Waals surface area contributed by atoms with Crippen LogP contribution in [-0.2, 0) is 11.8 Å². The summed E-state index contributed by atoms with van der Waals surface area (Å²) in [5.74, 6) is 0.393. The molecule has 26 heavy (non-hydrogen) atoms. The van der Waals surface area contributed by atoms with Gasteiger partial charge in [0.15, 0.2) is 4.34 Å². The van der Waals surface area contributed by atoms with E-state index in [4.69, 9.17) is 0 Å². The van der Waals surface area contributed by atoms with Gasteiger partial charge >= 0.3 is 0 Å². The lowest BCUT2D eigenvalue weighted by molar-refractivity contribution is -0.115. The molecule has 9 heteroatoms. The first-order valence-electron chi connectivity index (χ1n) is 8.04. The van der Waals surface area contributed by atoms with Gasteiger partial charge < -0.3 is 5.32 Å². The summed E-state index contributed by atoms with van der Waals surface area (Å²) >= 11 is 2.99. The Kier molecular flexibility index (Phi) is 5.58. The molecule has 136 valence electrons. The Morgan fingerprint density at radius 2 is 1.96 bits per heavy atom. The van der Waals surface area contributed by atoms with Crippen LogP contribution >= 0.6 is 23.1 Å². The summed E-state index contributed by atoms with van der Waals surface area (Å²) in [7, 11) is 1.80. The molecule has 0 aliphatic heterocycles. The molecule has 0 saturated carbocycles. The fraction of sp³-hybridized carbons (Fsp3) is 0.294. The summed E-state index contributed by atoms with van der Waals surface area (Å²) in [6, 6.07) is 9.34. The topological polar surface area (TPSA) is 81.8 Å². The summed E-state index contributed by atoms with van der Waals surface area (Å²) in [5.41, 5.74) is 1.54. The van der Waals surface area contributed by atoms with Gasteiger partial charge in [-0.15, -0.1) is 10.2 Å². The lowest BCUT2D eigenvalue weighted by Crippen LogP contribution is -2.23. The number of thioether (sulfide) groups is 1. The second-order valence-corrected chi connectivity index (χ2v) is 8.19. The third kappa shape index (κ3) is 3.88. The average molecular weight is 390 g/mol. The van der Waals surface area contributed by atoms with Crippen molar-refractivity contribution in [2.24, 2.45) is 7.05 Å². The normalized spacial score (nSPS) is 10.9. The molecule has 3 rings (SSSR count). The molecule has 2 heterocycles. The summed E-state index contributed by atoms with van der Waals surface area (Å²) in [6.07, 6.45) is 0.294. The van der Waals surface area contributed by atoms with Crippen molar-refractivity contribution in [1.82, 2.24) is 19.6 Å². The van der Waals surface area contributed by atoms with E-state index in [-0.39, 0.29) is 11.5 Å². The van der Waals surface area contributed by atoms with Crippen LogP contribution in [0.2, 0.25) is 0 Å². The van der Waals surface area contributed by atoms with Gasteiger partial charge in [-0.1, -0.05) is 41.3 Å². The zero-order chi connectivity index (χ0) is 18.7. The first-order chi connectivity index (χ1) is 12.5. The van der Waals surface area contributed by atoms with Gasteiger partial charge in [-0.25, -0.2) is 4.68 Å². The highest BCUT2D eigenvalue weighted by Gasteiger charge is 2.18. The number of benzene rings is 1. The maximum atomic E-state index is 12.8. The van der Waals surface area contributed by atoms with Crippen molar-refractivity contribution in [3.63, 3.8) is 0 Å². The second kappa shape index (κ2) is 7.88. The molecule has 0 fully saturated rings. The van der Waals surface area contributed by atoms with Crippen LogP contribution in [0.4, 0.5) is 5.69 Å². The van der Waals surface area contributed by atoms with E-state index >= 15 is 0 Å². The Hall–Kier alpha value is -2.39. The zero-order valence-corrected chi connectivity index (χ0v) is 16.4. The molecule has 0 spiro atoms. The maximum Gasteiger partial charge on any atom is 0.295 e. The highest BCUT2D eigenvalue weighted by molar-refractivity contribution is 8.01. The molecule has 0 bridgehead atoms. The van der Waals surface area contributed by atoms with Crippen molar-refractivity contribution in [3.05, 3.63) is 51.4 Å². The molecule has 1 aromatic carbocycles. The van der Waals surface area contributed by atoms with Gasteiger partial charge in [0.1, 0.15) is 10.7 Å². The molecule has 3 aromatic rings. The van der Waals surface area contributed by atoms with E-state index < -0.39 is 0 Å². The van der Waals surface area contributed by atoms with Crippen LogP contribution in [0.1, 0.15) is 17.1 Å². The lowest BCUT2D eigenvalue weighted by Gasteiger charge is -2.07. The number of carbonyl (C=O) groups excluding carboxylic acids is 1. The molecule has 0 saturated heterocycles. The third-order valence-corrected chi connectivity index (χ3v) is 5.85. The number of aryl methyl sites for hydroxylation is 1. The number of nitrogens with one attached hydrogen (secondary N) is 1. The van der Waals surface area contributed by atoms with Crippen molar-refractivity contribution >= 4 is 34.7 Å². The van der Waals surface area contributed by atoms with Crippen molar-refractivity contribution < 1.29 is 4.79 Å². The third-order valence-electron chi connectivity index (χ3n) is 3.88. The van der Waals surface area contributed by atoms with Crippen molar-refractivity contribution in [2.45, 2.75) is 24.6 Å². The molecule has 0 aliphatic rings. The van der Waals surface area contributed by atoms with Gasteiger partial charge in [-0.2, -0.15) is 0 Å². The average Bonchev–Trinajstić information content (AvgIpc) is 3.13. The summed E-state index contributed by atoms with van der Waals surface area (Å²) in [4.78, 5) is 25.0. The molecule has 0 atom stereocenters. The maximum absolute atomic E-state index is 12.8. The minimum absolute atomic E-state index is 0.190. The molecular formula is C17H19N5O2S2. The van der Waals surface area contributed by atoms with E-state index in [2.05, 4.69) is 15.5 Å². The van der Waals surface area contributed by atoms with Crippen LogP contribution < -0.4 is 10.9 Å². The summed E-state index contributed by atoms with van der Waals surface area (Å²) in [6.45, 7) is 3.71. The fourth-order valence-corrected chi connectivity index (χ4v) is 4.31. The molecule has 1 N–H and O–H groups in total. The Morgan fingerprint density at radius 1 is 1.23 bits per heavy atom. The van der Waals surface area contributed by atoms with Crippen LogP contribution in [0.3, 0.4) is 0 Å². The molecule has 0 radical (unpaired) electrons. The first-order valence-corrected chi connectivity index (χ1v) is 9.84. The van der Waals surface area contributed by atoms with Crippen molar-refractivity contribution in [3.8, 4) is 5.69 Å². The minimum atomic E-state index is -0.239. The number of amides is 1. The standard InChI is InChI=1S/C17H19N5O2S2/c1-11-15(16(24)22(21(11)3)13-7-5-4-6-8-13)18-14(23)9-10-25-17-20-19-12(2)26-17/h4-8H,9-10H2,1-3H3,(H,18,23). The molecule has 0 unspecified atom stereocenters. The van der Waals surface area contributed by atoms with E-state index in [9.17, 15) is 9.59 Å². The predicted octanol–water partition coefficient (Wildman–Crippen LogP) is 2.77. The van der Waals surface area contributed by atoms with E-state index in [0.717, 1.165) is 15.0 Å². The van der Waals surface area contributed by atoms with Gasteiger partial charge in [0.2, 0.25) is 5.91 Å². The van der Waals surface area contributed by atoms with Gasteiger partial charge in [-0.3, -0.25) is 14.3 Å². The SMILES string of the molecule is Cc1nnc(SCCC(=O)Nc2c(C)n(C)n(-c3ccccc3)c2=O)s1. The number of para-hydroxylation sites is 1. The number of carbonyl (C=O) groups is 1. The van der Waals surface area contributed by atoms with Crippen LogP contribution in [-0.4, -0.2) is 31.2 Å². The fourth-order valence-electron chi connectivity index (χ4n) is 2.48. The number of nitrogens with zero attached hydrogens (tertiary/aromatic N) is 4. The Morgan fingerprint density at radius 3 is 2.62 bits per heavy atom. The number of hydrogen-bond acceptors (Lipinski definition) is 6. The lowest BCUT2D eigenvalue weighted by atomic mass is 10.3. The quantitative estimate of drug-likeness (QED) is 0.656.